The predicted octanol–water partition coefficient (Wildman–Crippen LogP) is 2.33. The third-order valence-electron chi connectivity index (χ3n) is 3.27. The van der Waals surface area contributed by atoms with E-state index in [1.165, 1.54) is 12.6 Å². The van der Waals surface area contributed by atoms with Gasteiger partial charge in [-0.15, -0.1) is 0 Å². The molecule has 2 rings (SSSR count). The Kier molecular flexibility index (Phi) is 3.32. The number of nitrogens with zero attached hydrogens (tertiary/aromatic N) is 3. The van der Waals surface area contributed by atoms with Crippen LogP contribution < -0.4 is 4.90 Å². The second-order valence-corrected chi connectivity index (χ2v) is 5.82. The van der Waals surface area contributed by atoms with Gasteiger partial charge in [0.2, 0.25) is 0 Å². The second-order valence-electron chi connectivity index (χ2n) is 5.82. The lowest BCUT2D eigenvalue weighted by Crippen LogP contribution is -2.36. The molecule has 1 fully saturated rings. The lowest BCUT2D eigenvalue weighted by Gasteiger charge is -2.33. The minimum atomic E-state index is -0.897. The van der Waals surface area contributed by atoms with Gasteiger partial charge < -0.3 is 10.0 Å². The van der Waals surface area contributed by atoms with E-state index in [1.54, 1.807) is 0 Å². The number of aromatic carboxylic acids is 1. The Morgan fingerprint density at radius 1 is 1.28 bits per heavy atom. The molecule has 2 heterocycles. The van der Waals surface area contributed by atoms with Crippen LogP contribution in [-0.4, -0.2) is 33.9 Å². The van der Waals surface area contributed by atoms with Crippen LogP contribution in [0.5, 0.6) is 0 Å². The highest BCUT2D eigenvalue weighted by atomic mass is 16.4. The Morgan fingerprint density at radius 2 is 1.89 bits per heavy atom. The quantitative estimate of drug-likeness (QED) is 0.876. The molecule has 5 nitrogen and oxygen atoms in total. The number of piperidine rings is 1. The average molecular weight is 251 g/mol. The molecule has 1 aromatic heterocycles. The van der Waals surface area contributed by atoms with Crippen LogP contribution >= 0.6 is 0 Å². The predicted molar refractivity (Wildman–Crippen MR) is 70.2 cm³/mol. The first kappa shape index (κ1) is 12.9. The number of hydrogen-bond donors (Lipinski definition) is 1. The summed E-state index contributed by atoms with van der Waals surface area (Å²) in [7, 11) is 0. The van der Waals surface area contributed by atoms with Crippen LogP contribution in [0.2, 0.25) is 0 Å². The first-order valence-electron chi connectivity index (χ1n) is 6.48. The van der Waals surface area contributed by atoms with Gasteiger partial charge in [-0.25, -0.2) is 9.48 Å². The van der Waals surface area contributed by atoms with Crippen molar-refractivity contribution in [3.05, 3.63) is 11.8 Å². The zero-order valence-electron chi connectivity index (χ0n) is 11.3. The minimum Gasteiger partial charge on any atom is -0.477 e. The van der Waals surface area contributed by atoms with Gasteiger partial charge in [-0.3, -0.25) is 0 Å². The minimum absolute atomic E-state index is 0.208. The van der Waals surface area contributed by atoms with Crippen molar-refractivity contribution >= 4 is 11.8 Å². The maximum atomic E-state index is 11.3. The highest BCUT2D eigenvalue weighted by Crippen LogP contribution is 2.29. The van der Waals surface area contributed by atoms with Gasteiger partial charge in [0.1, 0.15) is 11.4 Å². The number of carboxylic acid groups (broad SMARTS) is 1. The van der Waals surface area contributed by atoms with E-state index in [2.05, 4.69) is 10.00 Å². The molecule has 0 unspecified atom stereocenters. The van der Waals surface area contributed by atoms with E-state index in [9.17, 15) is 9.90 Å². The zero-order chi connectivity index (χ0) is 13.3. The van der Waals surface area contributed by atoms with Crippen LogP contribution in [0.3, 0.4) is 0 Å². The maximum absolute atomic E-state index is 11.3. The molecule has 18 heavy (non-hydrogen) atoms. The number of rotatable bonds is 2. The lowest BCUT2D eigenvalue weighted by atomic mass is 10.1. The molecule has 0 bridgehead atoms. The van der Waals surface area contributed by atoms with Crippen LogP contribution in [-0.2, 0) is 5.54 Å². The average Bonchev–Trinajstić information content (AvgIpc) is 2.74. The highest BCUT2D eigenvalue weighted by molar-refractivity contribution is 5.93. The highest BCUT2D eigenvalue weighted by Gasteiger charge is 2.28. The molecular weight excluding hydrogens is 230 g/mol. The van der Waals surface area contributed by atoms with Gasteiger partial charge in [0.15, 0.2) is 0 Å². The second kappa shape index (κ2) is 4.63. The molecule has 5 heteroatoms. The van der Waals surface area contributed by atoms with Crippen LogP contribution in [0.4, 0.5) is 5.82 Å². The van der Waals surface area contributed by atoms with Crippen LogP contribution in [0.25, 0.3) is 0 Å². The molecule has 0 atom stereocenters. The van der Waals surface area contributed by atoms with Crippen LogP contribution in [0.15, 0.2) is 6.20 Å². The number of anilines is 1. The molecule has 1 aliphatic heterocycles. The summed E-state index contributed by atoms with van der Waals surface area (Å²) in [6, 6.07) is 0. The zero-order valence-corrected chi connectivity index (χ0v) is 11.3. The third-order valence-corrected chi connectivity index (χ3v) is 3.27. The number of aromatic nitrogens is 2. The molecule has 1 aliphatic rings. The summed E-state index contributed by atoms with van der Waals surface area (Å²) >= 11 is 0. The van der Waals surface area contributed by atoms with Gasteiger partial charge in [0, 0.05) is 13.1 Å². The first-order valence-corrected chi connectivity index (χ1v) is 6.48. The van der Waals surface area contributed by atoms with Gasteiger partial charge in [-0.2, -0.15) is 5.10 Å². The SMILES string of the molecule is CC(C)(C)n1ncc(C(=O)O)c1N1CCCCC1. The third kappa shape index (κ3) is 2.35. The van der Waals surface area contributed by atoms with E-state index < -0.39 is 5.97 Å². The molecule has 0 radical (unpaired) electrons. The van der Waals surface area contributed by atoms with E-state index in [0.717, 1.165) is 31.7 Å². The van der Waals surface area contributed by atoms with Crippen molar-refractivity contribution in [2.75, 3.05) is 18.0 Å². The summed E-state index contributed by atoms with van der Waals surface area (Å²) in [6.45, 7) is 7.96. The van der Waals surface area contributed by atoms with Crippen molar-refractivity contribution in [1.82, 2.24) is 9.78 Å². The molecule has 0 aliphatic carbocycles. The topological polar surface area (TPSA) is 58.4 Å². The molecule has 1 aromatic rings. The van der Waals surface area contributed by atoms with E-state index in [0.29, 0.717) is 5.56 Å². The molecule has 1 saturated heterocycles. The summed E-state index contributed by atoms with van der Waals surface area (Å²) in [5, 5.41) is 13.6. The smallest absolute Gasteiger partial charge is 0.341 e. The Morgan fingerprint density at radius 3 is 2.39 bits per heavy atom. The van der Waals surface area contributed by atoms with Crippen molar-refractivity contribution < 1.29 is 9.90 Å². The fraction of sp³-hybridized carbons (Fsp3) is 0.692. The number of hydrogen-bond acceptors (Lipinski definition) is 3. The molecular formula is C13H21N3O2. The van der Waals surface area contributed by atoms with Crippen molar-refractivity contribution in [2.24, 2.45) is 0 Å². The van der Waals surface area contributed by atoms with Gasteiger partial charge in [-0.05, 0) is 40.0 Å². The summed E-state index contributed by atoms with van der Waals surface area (Å²) in [6.07, 6.45) is 4.93. The Bertz CT molecular complexity index is 440. The van der Waals surface area contributed by atoms with E-state index >= 15 is 0 Å². The molecule has 1 N–H and O–H groups in total. The molecule has 0 saturated carbocycles. The molecule has 0 amide bonds. The van der Waals surface area contributed by atoms with Gasteiger partial charge >= 0.3 is 5.97 Å². The van der Waals surface area contributed by atoms with E-state index in [4.69, 9.17) is 0 Å². The van der Waals surface area contributed by atoms with Gasteiger partial charge in [-0.1, -0.05) is 0 Å². The van der Waals surface area contributed by atoms with Crippen molar-refractivity contribution in [3.8, 4) is 0 Å². The molecule has 0 spiro atoms. The molecule has 100 valence electrons. The number of carboxylic acids is 1. The Labute approximate surface area is 107 Å². The van der Waals surface area contributed by atoms with Crippen LogP contribution in [0.1, 0.15) is 50.4 Å². The summed E-state index contributed by atoms with van der Waals surface area (Å²) < 4.78 is 1.84. The largest absolute Gasteiger partial charge is 0.477 e. The maximum Gasteiger partial charge on any atom is 0.341 e. The lowest BCUT2D eigenvalue weighted by molar-refractivity contribution is 0.0697. The normalized spacial score (nSPS) is 16.9. The Balaban J connectivity index is 2.46. The van der Waals surface area contributed by atoms with Crippen molar-refractivity contribution in [1.29, 1.82) is 0 Å². The van der Waals surface area contributed by atoms with Crippen LogP contribution in [0, 0.1) is 0 Å². The van der Waals surface area contributed by atoms with Gasteiger partial charge in [0.25, 0.3) is 0 Å². The monoisotopic (exact) mass is 251 g/mol. The fourth-order valence-corrected chi connectivity index (χ4v) is 2.39. The van der Waals surface area contributed by atoms with Gasteiger partial charge in [0.05, 0.1) is 11.7 Å². The van der Waals surface area contributed by atoms with Crippen molar-refractivity contribution in [3.63, 3.8) is 0 Å². The first-order chi connectivity index (χ1) is 8.41. The standard InChI is InChI=1S/C13H21N3O2/c1-13(2,3)16-11(10(9-14-16)12(17)18)15-7-5-4-6-8-15/h9H,4-8H2,1-3H3,(H,17,18). The fourth-order valence-electron chi connectivity index (χ4n) is 2.39. The summed E-state index contributed by atoms with van der Waals surface area (Å²) in [4.78, 5) is 13.5. The summed E-state index contributed by atoms with van der Waals surface area (Å²) in [5.41, 5.74) is 0.104. The molecule has 0 aromatic carbocycles. The number of carbonyl (C=O) groups is 1. The Hall–Kier alpha value is -1.52. The van der Waals surface area contributed by atoms with E-state index in [-0.39, 0.29) is 5.54 Å². The van der Waals surface area contributed by atoms with Crippen molar-refractivity contribution in [2.45, 2.75) is 45.6 Å². The van der Waals surface area contributed by atoms with E-state index in [1.807, 2.05) is 25.5 Å². The summed E-state index contributed by atoms with van der Waals surface area (Å²) in [5.74, 6) is -0.138.